The molecule has 0 spiro atoms. The van der Waals surface area contributed by atoms with E-state index < -0.39 is 12.2 Å². The molecule has 146 valence electrons. The predicted molar refractivity (Wildman–Crippen MR) is 109 cm³/mol. The molecule has 2 nitrogen and oxygen atoms in total. The zero-order valence-corrected chi connectivity index (χ0v) is 17.4. The summed E-state index contributed by atoms with van der Waals surface area (Å²) in [4.78, 5) is 0. The molecule has 3 heteroatoms. The van der Waals surface area contributed by atoms with E-state index in [0.29, 0.717) is 6.42 Å². The highest BCUT2D eigenvalue weighted by Gasteiger charge is 2.39. The van der Waals surface area contributed by atoms with Gasteiger partial charge in [0.25, 0.3) is 0 Å². The fraction of sp³-hybridized carbons (Fsp3) is 0.818. The second kappa shape index (κ2) is 11.4. The van der Waals surface area contributed by atoms with Crippen molar-refractivity contribution < 1.29 is 10.2 Å². The molecular weight excluding hydrogens is 332 g/mol. The lowest BCUT2D eigenvalue weighted by molar-refractivity contribution is 0.0797. The lowest BCUT2D eigenvalue weighted by atomic mass is 9.80. The molecule has 0 amide bonds. The normalized spacial score (nSPS) is 29.1. The first-order chi connectivity index (χ1) is 11.8. The zero-order chi connectivity index (χ0) is 18.9. The topological polar surface area (TPSA) is 40.5 Å². The van der Waals surface area contributed by atoms with Crippen molar-refractivity contribution in [1.29, 1.82) is 0 Å². The minimum absolute atomic E-state index is 0.0227. The van der Waals surface area contributed by atoms with E-state index in [0.717, 1.165) is 38.5 Å². The molecule has 0 aliphatic heterocycles. The van der Waals surface area contributed by atoms with Gasteiger partial charge in [-0.05, 0) is 43.4 Å². The third-order valence-corrected chi connectivity index (χ3v) is 6.15. The van der Waals surface area contributed by atoms with Crippen molar-refractivity contribution in [3.05, 3.63) is 24.3 Å². The summed E-state index contributed by atoms with van der Waals surface area (Å²) in [6.45, 7) is 8.58. The van der Waals surface area contributed by atoms with Crippen LogP contribution in [0, 0.1) is 17.3 Å². The molecule has 1 aliphatic rings. The maximum atomic E-state index is 10.6. The number of aliphatic hydroxyl groups excluding tert-OH is 2. The maximum absolute atomic E-state index is 10.6. The van der Waals surface area contributed by atoms with Crippen molar-refractivity contribution in [3.63, 3.8) is 0 Å². The van der Waals surface area contributed by atoms with Crippen molar-refractivity contribution in [1.82, 2.24) is 0 Å². The van der Waals surface area contributed by atoms with Crippen molar-refractivity contribution in [3.8, 4) is 0 Å². The standard InChI is InChI=1S/C22H39ClO2/c1-5-7-9-10-11-12-17-18(20(24)16-19(17)23)13-14-21(25)22(3,4)15-8-6-2/h9-10,13-14,17-21,24-25H,5-8,11-12,15-16H2,1-4H3/b10-9-,14-13+/t17-,18-,19-,20-,21-/m1/s1. The first-order valence-electron chi connectivity index (χ1n) is 10.2. The molecular formula is C22H39ClO2. The summed E-state index contributed by atoms with van der Waals surface area (Å²) >= 11 is 6.50. The van der Waals surface area contributed by atoms with E-state index in [2.05, 4.69) is 39.8 Å². The monoisotopic (exact) mass is 370 g/mol. The highest BCUT2D eigenvalue weighted by molar-refractivity contribution is 6.21. The number of allylic oxidation sites excluding steroid dienone is 2. The summed E-state index contributed by atoms with van der Waals surface area (Å²) in [5.41, 5.74) is -0.130. The summed E-state index contributed by atoms with van der Waals surface area (Å²) in [7, 11) is 0. The number of hydrogen-bond donors (Lipinski definition) is 2. The quantitative estimate of drug-likeness (QED) is 0.353. The second-order valence-electron chi connectivity index (χ2n) is 8.32. The van der Waals surface area contributed by atoms with E-state index >= 15 is 0 Å². The van der Waals surface area contributed by atoms with Gasteiger partial charge in [-0.3, -0.25) is 0 Å². The van der Waals surface area contributed by atoms with Crippen LogP contribution in [0.4, 0.5) is 0 Å². The molecule has 0 radical (unpaired) electrons. The second-order valence-corrected chi connectivity index (χ2v) is 8.88. The molecule has 1 rings (SSSR count). The van der Waals surface area contributed by atoms with Gasteiger partial charge in [-0.25, -0.2) is 0 Å². The van der Waals surface area contributed by atoms with Gasteiger partial charge in [-0.15, -0.1) is 11.6 Å². The van der Waals surface area contributed by atoms with Gasteiger partial charge >= 0.3 is 0 Å². The van der Waals surface area contributed by atoms with Crippen molar-refractivity contribution in [2.45, 2.75) is 96.6 Å². The van der Waals surface area contributed by atoms with Crippen LogP contribution in [-0.4, -0.2) is 27.8 Å². The summed E-state index contributed by atoms with van der Waals surface area (Å²) in [6, 6.07) is 0. The van der Waals surface area contributed by atoms with Crippen LogP contribution in [0.5, 0.6) is 0 Å². The van der Waals surface area contributed by atoms with Gasteiger partial charge in [0.05, 0.1) is 12.2 Å². The van der Waals surface area contributed by atoms with Crippen molar-refractivity contribution >= 4 is 11.6 Å². The van der Waals surface area contributed by atoms with Crippen LogP contribution in [0.25, 0.3) is 0 Å². The third-order valence-electron chi connectivity index (χ3n) is 5.65. The number of hydrogen-bond acceptors (Lipinski definition) is 2. The minimum Gasteiger partial charge on any atom is -0.392 e. The van der Waals surface area contributed by atoms with E-state index in [1.807, 2.05) is 12.2 Å². The van der Waals surface area contributed by atoms with Crippen molar-refractivity contribution in [2.75, 3.05) is 0 Å². The molecule has 1 aliphatic carbocycles. The van der Waals surface area contributed by atoms with Gasteiger partial charge in [-0.2, -0.15) is 0 Å². The SMILES string of the molecule is CCC/C=C\CC[C@@H]1[C@@H](/C=C/[C@@H](O)C(C)(C)CCCC)[C@H](O)C[C@H]1Cl. The largest absolute Gasteiger partial charge is 0.392 e. The molecule has 25 heavy (non-hydrogen) atoms. The van der Waals surface area contributed by atoms with Crippen LogP contribution in [-0.2, 0) is 0 Å². The van der Waals surface area contributed by atoms with Gasteiger partial charge in [0, 0.05) is 11.3 Å². The van der Waals surface area contributed by atoms with E-state index in [1.165, 1.54) is 6.42 Å². The number of aliphatic hydroxyl groups is 2. The van der Waals surface area contributed by atoms with Crippen LogP contribution in [0.1, 0.15) is 79.1 Å². The first kappa shape index (κ1) is 22.7. The lowest BCUT2D eigenvalue weighted by Gasteiger charge is -2.29. The van der Waals surface area contributed by atoms with Crippen LogP contribution < -0.4 is 0 Å². The van der Waals surface area contributed by atoms with E-state index in [1.54, 1.807) is 0 Å². The van der Waals surface area contributed by atoms with E-state index in [-0.39, 0.29) is 22.6 Å². The summed E-state index contributed by atoms with van der Waals surface area (Å²) in [5.74, 6) is 0.337. The Hall–Kier alpha value is -0.310. The number of alkyl halides is 1. The third kappa shape index (κ3) is 7.45. The molecule has 2 N–H and O–H groups in total. The van der Waals surface area contributed by atoms with Crippen LogP contribution in [0.2, 0.25) is 0 Å². The Bertz CT molecular complexity index is 416. The molecule has 5 atom stereocenters. The Labute approximate surface area is 160 Å². The summed E-state index contributed by atoms with van der Waals surface area (Å²) in [6.07, 6.45) is 15.8. The fourth-order valence-corrected chi connectivity index (χ4v) is 4.18. The van der Waals surface area contributed by atoms with Gasteiger partial charge in [-0.1, -0.05) is 71.3 Å². The Morgan fingerprint density at radius 3 is 2.48 bits per heavy atom. The van der Waals surface area contributed by atoms with E-state index in [4.69, 9.17) is 11.6 Å². The average Bonchev–Trinajstić information content (AvgIpc) is 2.83. The first-order valence-corrected chi connectivity index (χ1v) is 10.6. The number of unbranched alkanes of at least 4 members (excludes halogenated alkanes) is 2. The summed E-state index contributed by atoms with van der Waals surface area (Å²) in [5, 5.41) is 21.0. The predicted octanol–water partition coefficient (Wildman–Crippen LogP) is 5.86. The van der Waals surface area contributed by atoms with Gasteiger partial charge in [0.1, 0.15) is 0 Å². The molecule has 0 aromatic carbocycles. The lowest BCUT2D eigenvalue weighted by Crippen LogP contribution is -2.28. The number of halogens is 1. The van der Waals surface area contributed by atoms with Gasteiger partial charge in [0.15, 0.2) is 0 Å². The molecule has 0 bridgehead atoms. The van der Waals surface area contributed by atoms with Crippen LogP contribution in [0.3, 0.4) is 0 Å². The van der Waals surface area contributed by atoms with Gasteiger partial charge in [0.2, 0.25) is 0 Å². The molecule has 0 aromatic rings. The zero-order valence-electron chi connectivity index (χ0n) is 16.6. The Morgan fingerprint density at radius 1 is 1.16 bits per heavy atom. The molecule has 0 unspecified atom stereocenters. The summed E-state index contributed by atoms with van der Waals surface area (Å²) < 4.78 is 0. The Morgan fingerprint density at radius 2 is 1.84 bits per heavy atom. The highest BCUT2D eigenvalue weighted by Crippen LogP contribution is 2.40. The Kier molecular flexibility index (Phi) is 10.4. The van der Waals surface area contributed by atoms with Crippen LogP contribution >= 0.6 is 11.6 Å². The minimum atomic E-state index is -0.481. The Balaban J connectivity index is 2.65. The molecule has 1 fully saturated rings. The fourth-order valence-electron chi connectivity index (χ4n) is 3.70. The van der Waals surface area contributed by atoms with E-state index in [9.17, 15) is 10.2 Å². The number of rotatable bonds is 11. The van der Waals surface area contributed by atoms with Crippen LogP contribution in [0.15, 0.2) is 24.3 Å². The van der Waals surface area contributed by atoms with Crippen molar-refractivity contribution in [2.24, 2.45) is 17.3 Å². The molecule has 0 saturated heterocycles. The highest BCUT2D eigenvalue weighted by atomic mass is 35.5. The van der Waals surface area contributed by atoms with Gasteiger partial charge < -0.3 is 10.2 Å². The maximum Gasteiger partial charge on any atom is 0.0771 e. The molecule has 0 heterocycles. The average molecular weight is 371 g/mol. The smallest absolute Gasteiger partial charge is 0.0771 e. The molecule has 0 aromatic heterocycles. The molecule has 1 saturated carbocycles.